The van der Waals surface area contributed by atoms with Crippen LogP contribution in [0.2, 0.25) is 0 Å². The molecule has 1 aromatic heterocycles. The number of benzene rings is 1. The van der Waals surface area contributed by atoms with E-state index in [-0.39, 0.29) is 14.8 Å². The van der Waals surface area contributed by atoms with Crippen LogP contribution >= 0.6 is 35.3 Å². The molecule has 0 radical (unpaired) electrons. The first kappa shape index (κ1) is 25.9. The number of hydrogen-bond acceptors (Lipinski definition) is 7. The number of carbonyl (C=O) groups is 2. The number of fused-ring (bicyclic) bond motifs is 1. The molecule has 186 valence electrons. The number of para-hydroxylation sites is 1. The molecular formula is C26H25N3O4S3. The van der Waals surface area contributed by atoms with Gasteiger partial charge in [-0.05, 0) is 56.2 Å². The molecule has 1 aromatic carbocycles. The molecule has 0 bridgehead atoms. The van der Waals surface area contributed by atoms with Crippen LogP contribution in [0.25, 0.3) is 17.1 Å². The summed E-state index contributed by atoms with van der Waals surface area (Å²) in [5.41, 5.74) is 4.08. The van der Waals surface area contributed by atoms with Crippen molar-refractivity contribution < 1.29 is 14.7 Å². The van der Waals surface area contributed by atoms with Crippen molar-refractivity contribution in [3.05, 3.63) is 78.9 Å². The minimum absolute atomic E-state index is 0.178. The Labute approximate surface area is 222 Å². The fraction of sp³-hybridized carbons (Fsp3) is 0.231. The van der Waals surface area contributed by atoms with Crippen molar-refractivity contribution in [1.29, 1.82) is 0 Å². The third-order valence-corrected chi connectivity index (χ3v) is 8.42. The number of allylic oxidation sites excluding steroid dienone is 4. The number of carboxylic acid groups (broad SMARTS) is 1. The molecule has 0 atom stereocenters. The van der Waals surface area contributed by atoms with Crippen LogP contribution in [0.4, 0.5) is 5.69 Å². The molecule has 1 amide bonds. The first-order valence-corrected chi connectivity index (χ1v) is 13.4. The highest BCUT2D eigenvalue weighted by Crippen LogP contribution is 2.31. The van der Waals surface area contributed by atoms with Gasteiger partial charge in [0, 0.05) is 24.5 Å². The van der Waals surface area contributed by atoms with E-state index >= 15 is 0 Å². The van der Waals surface area contributed by atoms with Gasteiger partial charge >= 0.3 is 5.97 Å². The lowest BCUT2D eigenvalue weighted by Gasteiger charge is -2.29. The van der Waals surface area contributed by atoms with Gasteiger partial charge in [0.1, 0.15) is 20.4 Å². The van der Waals surface area contributed by atoms with Crippen LogP contribution in [0.3, 0.4) is 0 Å². The Hall–Kier alpha value is -3.21. The van der Waals surface area contributed by atoms with Crippen LogP contribution in [-0.4, -0.2) is 43.9 Å². The maximum Gasteiger partial charge on any atom is 0.323 e. The highest BCUT2D eigenvalue weighted by Gasteiger charge is 2.35. The Morgan fingerprint density at radius 2 is 1.86 bits per heavy atom. The number of nitrogens with zero attached hydrogens (tertiary/aromatic N) is 3. The molecule has 4 rings (SSSR count). The van der Waals surface area contributed by atoms with Crippen molar-refractivity contribution in [2.75, 3.05) is 18.0 Å². The molecule has 0 aliphatic carbocycles. The Kier molecular flexibility index (Phi) is 7.77. The first-order valence-electron chi connectivity index (χ1n) is 11.4. The van der Waals surface area contributed by atoms with Gasteiger partial charge in [-0.3, -0.25) is 23.9 Å². The molecule has 1 fully saturated rings. The number of likely N-dealkylation sites (N-methyl/N-ethyl adjacent to an activating group) is 1. The lowest BCUT2D eigenvalue weighted by molar-refractivity contribution is -0.140. The maximum atomic E-state index is 13.1. The quantitative estimate of drug-likeness (QED) is 0.565. The summed E-state index contributed by atoms with van der Waals surface area (Å²) in [4.78, 5) is 40.7. The molecule has 0 unspecified atom stereocenters. The summed E-state index contributed by atoms with van der Waals surface area (Å²) >= 11 is 7.46. The van der Waals surface area contributed by atoms with E-state index < -0.39 is 18.4 Å². The highest BCUT2D eigenvalue weighted by atomic mass is 32.2. The van der Waals surface area contributed by atoms with Crippen molar-refractivity contribution in [2.24, 2.45) is 0 Å². The first-order chi connectivity index (χ1) is 17.2. The number of hydrogen-bond donors (Lipinski definition) is 1. The lowest BCUT2D eigenvalue weighted by Crippen LogP contribution is -2.35. The summed E-state index contributed by atoms with van der Waals surface area (Å²) in [6, 6.07) is 8.24. The second kappa shape index (κ2) is 10.8. The van der Waals surface area contributed by atoms with Crippen molar-refractivity contribution in [1.82, 2.24) is 9.47 Å². The number of thiazole rings is 1. The van der Waals surface area contributed by atoms with Crippen molar-refractivity contribution in [2.45, 2.75) is 27.3 Å². The molecule has 7 nitrogen and oxygen atoms in total. The Morgan fingerprint density at radius 1 is 1.11 bits per heavy atom. The third-order valence-electron chi connectivity index (χ3n) is 5.73. The van der Waals surface area contributed by atoms with E-state index in [4.69, 9.17) is 17.3 Å². The number of anilines is 1. The monoisotopic (exact) mass is 539 g/mol. The number of thiocarbonyl (C=S) groups is 1. The van der Waals surface area contributed by atoms with Gasteiger partial charge in [-0.2, -0.15) is 0 Å². The zero-order chi connectivity index (χ0) is 26.0. The highest BCUT2D eigenvalue weighted by molar-refractivity contribution is 8.30. The minimum atomic E-state index is -1.14. The number of carbonyl (C=O) groups excluding carboxylic acids is 1. The van der Waals surface area contributed by atoms with Crippen LogP contribution in [0.15, 0.2) is 58.6 Å². The molecular weight excluding hydrogens is 515 g/mol. The zero-order valence-corrected chi connectivity index (χ0v) is 22.5. The topological polar surface area (TPSA) is 82.8 Å². The van der Waals surface area contributed by atoms with Gasteiger partial charge in [-0.1, -0.05) is 54.3 Å². The lowest BCUT2D eigenvalue weighted by atomic mass is 10.1. The van der Waals surface area contributed by atoms with Gasteiger partial charge in [0.2, 0.25) is 0 Å². The molecule has 1 N–H and O–H groups in total. The van der Waals surface area contributed by atoms with Crippen molar-refractivity contribution >= 4 is 74.3 Å². The maximum absolute atomic E-state index is 13.1. The number of rotatable bonds is 6. The standard InChI is InChI=1S/C26H25N3O4S3/c1-4-27-18(13-11-17-8-6-7-9-19(17)27)12-10-16(3)14-20-23(32)28(5-2)25(35-20)22-24(33)29(15-21(30)31)26(34)36-22/h6-14H,4-5,15H2,1-3H3,(H,30,31)/b16-10+,18-12+,20-14-,25-22-. The molecule has 0 saturated carbocycles. The average Bonchev–Trinajstić information content (AvgIpc) is 3.31. The molecule has 1 saturated heterocycles. The molecule has 2 aliphatic rings. The van der Waals surface area contributed by atoms with Gasteiger partial charge in [0.05, 0.1) is 4.53 Å². The Bertz CT molecular complexity index is 1530. The fourth-order valence-corrected chi connectivity index (χ4v) is 6.65. The van der Waals surface area contributed by atoms with E-state index in [9.17, 15) is 14.4 Å². The van der Waals surface area contributed by atoms with Crippen LogP contribution in [-0.2, 0) is 16.1 Å². The van der Waals surface area contributed by atoms with E-state index in [1.165, 1.54) is 21.5 Å². The predicted octanol–water partition coefficient (Wildman–Crippen LogP) is 3.15. The third kappa shape index (κ3) is 5.02. The second-order valence-corrected chi connectivity index (χ2v) is 10.8. The SMILES string of the molecule is CCN1/C(=C/C=C(C)/C=c2\s/c(=C3\SC(=S)N(CC(=O)O)C3=O)n(CC)c2=O)C=Cc2ccccc21. The van der Waals surface area contributed by atoms with E-state index in [0.717, 1.165) is 40.2 Å². The zero-order valence-electron chi connectivity index (χ0n) is 20.1. The fourth-order valence-electron chi connectivity index (χ4n) is 4.02. The molecule has 3 heterocycles. The van der Waals surface area contributed by atoms with E-state index in [0.29, 0.717) is 15.7 Å². The van der Waals surface area contributed by atoms with Crippen LogP contribution in [0.1, 0.15) is 26.3 Å². The van der Waals surface area contributed by atoms with Crippen molar-refractivity contribution in [3.63, 3.8) is 0 Å². The normalized spacial score (nSPS) is 19.0. The molecule has 2 aromatic rings. The van der Waals surface area contributed by atoms with Crippen LogP contribution in [0.5, 0.6) is 0 Å². The van der Waals surface area contributed by atoms with Gasteiger partial charge in [-0.25, -0.2) is 0 Å². The van der Waals surface area contributed by atoms with E-state index in [1.807, 2.05) is 44.2 Å². The molecule has 0 spiro atoms. The summed E-state index contributed by atoms with van der Waals surface area (Å²) in [7, 11) is 0. The minimum Gasteiger partial charge on any atom is -0.480 e. The predicted molar refractivity (Wildman–Crippen MR) is 151 cm³/mol. The number of thioether (sulfide) groups is 1. The van der Waals surface area contributed by atoms with E-state index in [1.54, 1.807) is 0 Å². The second-order valence-electron chi connectivity index (χ2n) is 8.09. The molecule has 36 heavy (non-hydrogen) atoms. The number of amides is 1. The summed E-state index contributed by atoms with van der Waals surface area (Å²) in [6.07, 6.45) is 9.99. The van der Waals surface area contributed by atoms with E-state index in [2.05, 4.69) is 36.1 Å². The Balaban J connectivity index is 1.72. The molecule has 10 heteroatoms. The number of aliphatic carboxylic acids is 1. The van der Waals surface area contributed by atoms with Gasteiger partial charge in [0.25, 0.3) is 11.5 Å². The van der Waals surface area contributed by atoms with Crippen LogP contribution < -0.4 is 19.7 Å². The Morgan fingerprint density at radius 3 is 2.56 bits per heavy atom. The summed E-state index contributed by atoms with van der Waals surface area (Å²) < 4.78 is 2.71. The van der Waals surface area contributed by atoms with Gasteiger partial charge in [0.15, 0.2) is 0 Å². The summed E-state index contributed by atoms with van der Waals surface area (Å²) in [5, 5.41) is 9.09. The number of carboxylic acids is 1. The smallest absolute Gasteiger partial charge is 0.323 e. The largest absolute Gasteiger partial charge is 0.480 e. The van der Waals surface area contributed by atoms with Gasteiger partial charge < -0.3 is 10.0 Å². The van der Waals surface area contributed by atoms with Crippen LogP contribution in [0, 0.1) is 0 Å². The molecule has 2 aliphatic heterocycles. The number of aromatic nitrogens is 1. The summed E-state index contributed by atoms with van der Waals surface area (Å²) in [6.45, 7) is 6.57. The van der Waals surface area contributed by atoms with Gasteiger partial charge in [-0.15, -0.1) is 11.3 Å². The average molecular weight is 540 g/mol. The summed E-state index contributed by atoms with van der Waals surface area (Å²) in [5.74, 6) is -1.63. The van der Waals surface area contributed by atoms with Crippen molar-refractivity contribution in [3.8, 4) is 0 Å².